The van der Waals surface area contributed by atoms with E-state index in [1.807, 2.05) is 6.07 Å². The Bertz CT molecular complexity index is 1010. The lowest BCUT2D eigenvalue weighted by Gasteiger charge is -2.07. The van der Waals surface area contributed by atoms with Crippen molar-refractivity contribution in [3.05, 3.63) is 56.3 Å². The normalized spacial score (nSPS) is 11.4. The van der Waals surface area contributed by atoms with Gasteiger partial charge in [-0.05, 0) is 50.1 Å². The van der Waals surface area contributed by atoms with E-state index in [1.165, 1.54) is 20.2 Å². The molecule has 4 aromatic rings. The highest BCUT2D eigenvalue weighted by atomic mass is 79.9. The highest BCUT2D eigenvalue weighted by molar-refractivity contribution is 9.11. The number of hydrogen-bond donors (Lipinski definition) is 0. The molecule has 0 radical (unpaired) electrons. The van der Waals surface area contributed by atoms with E-state index >= 15 is 0 Å². The molecule has 0 amide bonds. The first-order chi connectivity index (χ1) is 10.6. The third-order valence-electron chi connectivity index (χ3n) is 3.42. The first-order valence-electron chi connectivity index (χ1n) is 6.44. The number of thiophene rings is 1. The first kappa shape index (κ1) is 14.8. The van der Waals surface area contributed by atoms with Crippen LogP contribution in [-0.2, 0) is 0 Å². The predicted octanol–water partition coefficient (Wildman–Crippen LogP) is 6.80. The Labute approximate surface area is 156 Å². The number of nitrogens with zero attached hydrogens (tertiary/aromatic N) is 2. The van der Waals surface area contributed by atoms with Crippen molar-refractivity contribution in [1.82, 2.24) is 9.97 Å². The summed E-state index contributed by atoms with van der Waals surface area (Å²) < 4.78 is 4.87. The molecule has 4 rings (SSSR count). The Morgan fingerprint density at radius 1 is 0.864 bits per heavy atom. The van der Waals surface area contributed by atoms with Crippen molar-refractivity contribution in [3.8, 4) is 11.3 Å². The maximum Gasteiger partial charge on any atom is 0.198 e. The van der Waals surface area contributed by atoms with Crippen molar-refractivity contribution in [2.45, 2.75) is 0 Å². The van der Waals surface area contributed by atoms with E-state index in [9.17, 15) is 0 Å². The highest BCUT2D eigenvalue weighted by Gasteiger charge is 2.15. The second-order valence-electron chi connectivity index (χ2n) is 4.74. The molecule has 0 saturated heterocycles. The van der Waals surface area contributed by atoms with E-state index in [0.29, 0.717) is 4.73 Å². The predicted molar refractivity (Wildman–Crippen MR) is 103 cm³/mol. The van der Waals surface area contributed by atoms with Gasteiger partial charge in [-0.25, -0.2) is 9.97 Å². The number of fused-ring (bicyclic) bond motifs is 3. The fourth-order valence-electron chi connectivity index (χ4n) is 2.52. The Kier molecular flexibility index (Phi) is 3.80. The molecule has 0 unspecified atom stereocenters. The van der Waals surface area contributed by atoms with Gasteiger partial charge in [-0.3, -0.25) is 0 Å². The zero-order valence-corrected chi connectivity index (χ0v) is 16.6. The van der Waals surface area contributed by atoms with Gasteiger partial charge in [0, 0.05) is 30.2 Å². The van der Waals surface area contributed by atoms with Crippen LogP contribution in [0, 0.1) is 0 Å². The molecule has 2 aromatic heterocycles. The van der Waals surface area contributed by atoms with Gasteiger partial charge < -0.3 is 0 Å². The summed E-state index contributed by atoms with van der Waals surface area (Å²) in [6.07, 6.45) is 0. The smallest absolute Gasteiger partial charge is 0.198 e. The minimum absolute atomic E-state index is 0.571. The van der Waals surface area contributed by atoms with Crippen LogP contribution in [0.4, 0.5) is 0 Å². The van der Waals surface area contributed by atoms with Crippen LogP contribution in [0.25, 0.3) is 31.4 Å². The highest BCUT2D eigenvalue weighted by Crippen LogP contribution is 2.43. The number of aromatic nitrogens is 2. The molecular formula is C16H7Br3N2S. The number of hydrogen-bond acceptors (Lipinski definition) is 3. The number of benzene rings is 2. The van der Waals surface area contributed by atoms with Crippen molar-refractivity contribution >= 4 is 79.3 Å². The summed E-state index contributed by atoms with van der Waals surface area (Å²) in [5, 5.41) is 2.54. The molecule has 0 N–H and O–H groups in total. The maximum absolute atomic E-state index is 4.54. The van der Waals surface area contributed by atoms with Crippen LogP contribution in [0.5, 0.6) is 0 Å². The van der Waals surface area contributed by atoms with Gasteiger partial charge in [0.15, 0.2) is 4.73 Å². The fraction of sp³-hybridized carbons (Fsp3) is 0. The largest absolute Gasteiger partial charge is 0.222 e. The molecule has 2 nitrogen and oxygen atoms in total. The van der Waals surface area contributed by atoms with Crippen LogP contribution in [0.15, 0.2) is 56.3 Å². The van der Waals surface area contributed by atoms with E-state index in [0.717, 1.165) is 20.3 Å². The molecule has 0 spiro atoms. The molecule has 108 valence electrons. The molecule has 6 heteroatoms. The third kappa shape index (κ3) is 2.42. The van der Waals surface area contributed by atoms with Crippen LogP contribution >= 0.6 is 59.1 Å². The van der Waals surface area contributed by atoms with Gasteiger partial charge in [0.2, 0.25) is 0 Å². The van der Waals surface area contributed by atoms with Crippen molar-refractivity contribution in [2.24, 2.45) is 0 Å². The van der Waals surface area contributed by atoms with Gasteiger partial charge in [-0.1, -0.05) is 40.2 Å². The molecule has 0 fully saturated rings. The zero-order chi connectivity index (χ0) is 15.3. The summed E-state index contributed by atoms with van der Waals surface area (Å²) in [6.45, 7) is 0. The lowest BCUT2D eigenvalue weighted by Crippen LogP contribution is -1.90. The third-order valence-corrected chi connectivity index (χ3v) is 6.05. The summed E-state index contributed by atoms with van der Waals surface area (Å²) in [7, 11) is 0. The molecule has 0 atom stereocenters. The Morgan fingerprint density at radius 3 is 2.50 bits per heavy atom. The molecule has 0 aliphatic carbocycles. The Hall–Kier alpha value is -0.820. The zero-order valence-electron chi connectivity index (χ0n) is 11.0. The number of rotatable bonds is 1. The molecule has 22 heavy (non-hydrogen) atoms. The van der Waals surface area contributed by atoms with Gasteiger partial charge in [0.25, 0.3) is 0 Å². The monoisotopic (exact) mass is 496 g/mol. The van der Waals surface area contributed by atoms with Gasteiger partial charge in [0.05, 0.1) is 5.69 Å². The van der Waals surface area contributed by atoms with E-state index in [-0.39, 0.29) is 0 Å². The molecule has 2 aromatic carbocycles. The van der Waals surface area contributed by atoms with Gasteiger partial charge in [0.1, 0.15) is 4.60 Å². The van der Waals surface area contributed by atoms with Crippen molar-refractivity contribution < 1.29 is 0 Å². The van der Waals surface area contributed by atoms with Crippen molar-refractivity contribution in [2.75, 3.05) is 0 Å². The summed E-state index contributed by atoms with van der Waals surface area (Å²) in [6, 6.07) is 14.7. The summed E-state index contributed by atoms with van der Waals surface area (Å²) >= 11 is 12.3. The van der Waals surface area contributed by atoms with Crippen LogP contribution in [0.1, 0.15) is 0 Å². The van der Waals surface area contributed by atoms with Gasteiger partial charge in [-0.15, -0.1) is 11.3 Å². The molecule has 0 aliphatic rings. The minimum atomic E-state index is 0.571. The van der Waals surface area contributed by atoms with Crippen LogP contribution in [0.3, 0.4) is 0 Å². The SMILES string of the molecule is Brc1cc(-c2c(Br)ccc3c2sc2ccccc23)nc(Br)n1. The van der Waals surface area contributed by atoms with E-state index in [2.05, 4.69) is 94.2 Å². The van der Waals surface area contributed by atoms with Gasteiger partial charge in [-0.2, -0.15) is 0 Å². The second kappa shape index (κ2) is 5.67. The second-order valence-corrected chi connectivity index (χ2v) is 8.17. The standard InChI is InChI=1S/C16H7Br3N2S/c17-10-6-5-9-8-3-1-2-4-12(8)22-15(9)14(10)11-7-13(18)21-16(19)20-11/h1-7H. The van der Waals surface area contributed by atoms with E-state index < -0.39 is 0 Å². The fourth-order valence-corrected chi connectivity index (χ4v) is 5.45. The molecular weight excluding hydrogens is 492 g/mol. The minimum Gasteiger partial charge on any atom is -0.222 e. The topological polar surface area (TPSA) is 25.8 Å². The maximum atomic E-state index is 4.54. The molecule has 0 saturated carbocycles. The van der Waals surface area contributed by atoms with Crippen molar-refractivity contribution in [1.29, 1.82) is 0 Å². The number of halogens is 3. The Balaban J connectivity index is 2.14. The van der Waals surface area contributed by atoms with Crippen LogP contribution in [-0.4, -0.2) is 9.97 Å². The summed E-state index contributed by atoms with van der Waals surface area (Å²) in [5.41, 5.74) is 1.99. The van der Waals surface area contributed by atoms with Crippen molar-refractivity contribution in [3.63, 3.8) is 0 Å². The summed E-state index contributed by atoms with van der Waals surface area (Å²) in [5.74, 6) is 0. The molecule has 0 aliphatic heterocycles. The lowest BCUT2D eigenvalue weighted by atomic mass is 10.1. The van der Waals surface area contributed by atoms with Crippen LogP contribution < -0.4 is 0 Å². The van der Waals surface area contributed by atoms with Gasteiger partial charge >= 0.3 is 0 Å². The average molecular weight is 499 g/mol. The van der Waals surface area contributed by atoms with Crippen LogP contribution in [0.2, 0.25) is 0 Å². The van der Waals surface area contributed by atoms with E-state index in [1.54, 1.807) is 11.3 Å². The summed E-state index contributed by atoms with van der Waals surface area (Å²) in [4.78, 5) is 8.76. The Morgan fingerprint density at radius 2 is 1.68 bits per heavy atom. The molecule has 2 heterocycles. The lowest BCUT2D eigenvalue weighted by molar-refractivity contribution is 1.09. The quantitative estimate of drug-likeness (QED) is 0.213. The molecule has 0 bridgehead atoms. The average Bonchev–Trinajstić information content (AvgIpc) is 2.84. The first-order valence-corrected chi connectivity index (χ1v) is 9.63. The van der Waals surface area contributed by atoms with E-state index in [4.69, 9.17) is 0 Å².